The Balaban J connectivity index is 1.71. The van der Waals surface area contributed by atoms with Crippen molar-refractivity contribution in [3.8, 4) is 5.88 Å². The number of methoxy groups -OCH3 is 1. The van der Waals surface area contributed by atoms with Crippen molar-refractivity contribution in [1.29, 1.82) is 0 Å². The van der Waals surface area contributed by atoms with Gasteiger partial charge in [-0.3, -0.25) is 4.40 Å². The molecule has 0 fully saturated rings. The lowest BCUT2D eigenvalue weighted by molar-refractivity contribution is 0.390. The largest absolute Gasteiger partial charge is 0.481 e. The first kappa shape index (κ1) is 13.1. The van der Waals surface area contributed by atoms with Crippen LogP contribution in [0.2, 0.25) is 0 Å². The monoisotopic (exact) mass is 288 g/mol. The molecule has 0 unspecified atom stereocenters. The highest BCUT2D eigenvalue weighted by Gasteiger charge is 2.09. The number of fused-ring (bicyclic) bond motifs is 1. The summed E-state index contributed by atoms with van der Waals surface area (Å²) in [6.45, 7) is 3.52. The van der Waals surface area contributed by atoms with E-state index >= 15 is 0 Å². The molecular formula is C14H16N4OS. The Kier molecular flexibility index (Phi) is 3.66. The molecule has 6 heteroatoms. The fourth-order valence-corrected chi connectivity index (χ4v) is 2.99. The van der Waals surface area contributed by atoms with Gasteiger partial charge >= 0.3 is 0 Å². The van der Waals surface area contributed by atoms with Crippen LogP contribution in [-0.2, 0) is 13.1 Å². The van der Waals surface area contributed by atoms with Crippen molar-refractivity contribution in [2.24, 2.45) is 0 Å². The van der Waals surface area contributed by atoms with Crippen LogP contribution in [0.3, 0.4) is 0 Å². The first-order valence-corrected chi connectivity index (χ1v) is 7.27. The quantitative estimate of drug-likeness (QED) is 0.783. The van der Waals surface area contributed by atoms with Crippen molar-refractivity contribution in [1.82, 2.24) is 19.7 Å². The van der Waals surface area contributed by atoms with Crippen molar-refractivity contribution < 1.29 is 4.74 Å². The van der Waals surface area contributed by atoms with Crippen LogP contribution in [0.5, 0.6) is 5.88 Å². The molecule has 0 spiro atoms. The Hall–Kier alpha value is -1.92. The topological polar surface area (TPSA) is 51.5 Å². The van der Waals surface area contributed by atoms with Gasteiger partial charge in [0.05, 0.1) is 18.5 Å². The third-order valence-corrected chi connectivity index (χ3v) is 3.97. The van der Waals surface area contributed by atoms with E-state index in [2.05, 4.69) is 31.3 Å². The predicted molar refractivity (Wildman–Crippen MR) is 79.1 cm³/mol. The molecular weight excluding hydrogens is 272 g/mol. The Bertz CT molecular complexity index is 719. The molecule has 3 aromatic rings. The standard InChI is InChI=1S/C14H16N4OS/c1-10-12(18-6-7-20-14(18)17-10)9-15-8-11-4-3-5-16-13(11)19-2/h3-7,15H,8-9H2,1-2H3. The number of hydrogen-bond donors (Lipinski definition) is 1. The van der Waals surface area contributed by atoms with Gasteiger partial charge in [-0.05, 0) is 13.0 Å². The van der Waals surface area contributed by atoms with Gasteiger partial charge in [-0.25, -0.2) is 9.97 Å². The number of pyridine rings is 1. The van der Waals surface area contributed by atoms with E-state index in [-0.39, 0.29) is 0 Å². The van der Waals surface area contributed by atoms with Crippen molar-refractivity contribution in [2.75, 3.05) is 7.11 Å². The third-order valence-electron chi connectivity index (χ3n) is 3.21. The zero-order valence-electron chi connectivity index (χ0n) is 11.5. The molecule has 0 aliphatic rings. The second-order valence-corrected chi connectivity index (χ2v) is 5.35. The minimum absolute atomic E-state index is 0.672. The van der Waals surface area contributed by atoms with Crippen LogP contribution in [0.1, 0.15) is 17.0 Å². The molecule has 5 nitrogen and oxygen atoms in total. The molecule has 0 amide bonds. The molecule has 0 bridgehead atoms. The van der Waals surface area contributed by atoms with Gasteiger partial charge in [-0.2, -0.15) is 0 Å². The number of hydrogen-bond acceptors (Lipinski definition) is 5. The Morgan fingerprint density at radius 1 is 1.40 bits per heavy atom. The van der Waals surface area contributed by atoms with E-state index in [9.17, 15) is 0 Å². The fourth-order valence-electron chi connectivity index (χ4n) is 2.21. The van der Waals surface area contributed by atoms with Gasteiger partial charge in [0.1, 0.15) is 0 Å². The second kappa shape index (κ2) is 5.60. The van der Waals surface area contributed by atoms with E-state index in [1.165, 1.54) is 5.69 Å². The maximum atomic E-state index is 5.25. The summed E-state index contributed by atoms with van der Waals surface area (Å²) in [5.74, 6) is 0.672. The number of rotatable bonds is 5. The lowest BCUT2D eigenvalue weighted by Gasteiger charge is -2.08. The van der Waals surface area contributed by atoms with Crippen LogP contribution in [0.25, 0.3) is 4.96 Å². The van der Waals surface area contributed by atoms with Gasteiger partial charge in [-0.15, -0.1) is 11.3 Å². The minimum atomic E-state index is 0.672. The van der Waals surface area contributed by atoms with Crippen LogP contribution in [-0.4, -0.2) is 21.5 Å². The maximum Gasteiger partial charge on any atom is 0.217 e. The van der Waals surface area contributed by atoms with Gasteiger partial charge in [0.25, 0.3) is 0 Å². The van der Waals surface area contributed by atoms with Crippen LogP contribution >= 0.6 is 11.3 Å². The van der Waals surface area contributed by atoms with Gasteiger partial charge < -0.3 is 10.1 Å². The molecule has 1 N–H and O–H groups in total. The number of thiazole rings is 1. The molecule has 0 aliphatic carbocycles. The highest BCUT2D eigenvalue weighted by atomic mass is 32.1. The molecule has 0 saturated heterocycles. The molecule has 3 rings (SSSR count). The average Bonchev–Trinajstić information content (AvgIpc) is 3.02. The SMILES string of the molecule is COc1ncccc1CNCc1c(C)nc2sccn12. The second-order valence-electron chi connectivity index (χ2n) is 4.47. The van der Waals surface area contributed by atoms with Crippen LogP contribution in [0.4, 0.5) is 0 Å². The molecule has 0 atom stereocenters. The molecule has 3 aromatic heterocycles. The summed E-state index contributed by atoms with van der Waals surface area (Å²) in [6.07, 6.45) is 3.79. The Morgan fingerprint density at radius 2 is 2.30 bits per heavy atom. The lowest BCUT2D eigenvalue weighted by atomic mass is 10.2. The van der Waals surface area contributed by atoms with Crippen LogP contribution in [0.15, 0.2) is 29.9 Å². The van der Waals surface area contributed by atoms with E-state index in [0.717, 1.165) is 22.8 Å². The van der Waals surface area contributed by atoms with Crippen LogP contribution in [0, 0.1) is 6.92 Å². The summed E-state index contributed by atoms with van der Waals surface area (Å²) in [7, 11) is 1.64. The number of aryl methyl sites for hydroxylation is 1. The predicted octanol–water partition coefficient (Wildman–Crippen LogP) is 2.40. The normalized spacial score (nSPS) is 11.1. The van der Waals surface area contributed by atoms with E-state index in [4.69, 9.17) is 4.74 Å². The molecule has 3 heterocycles. The fraction of sp³-hybridized carbons (Fsp3) is 0.286. The molecule has 20 heavy (non-hydrogen) atoms. The Labute approximate surface area is 121 Å². The Morgan fingerprint density at radius 3 is 3.15 bits per heavy atom. The summed E-state index contributed by atoms with van der Waals surface area (Å²) in [4.78, 5) is 9.77. The first-order chi connectivity index (χ1) is 9.79. The van der Waals surface area contributed by atoms with Crippen molar-refractivity contribution >= 4 is 16.3 Å². The molecule has 0 aromatic carbocycles. The highest BCUT2D eigenvalue weighted by molar-refractivity contribution is 7.15. The minimum Gasteiger partial charge on any atom is -0.481 e. The van der Waals surface area contributed by atoms with Gasteiger partial charge in [0.15, 0.2) is 4.96 Å². The summed E-state index contributed by atoms with van der Waals surface area (Å²) in [5, 5.41) is 5.48. The number of aromatic nitrogens is 3. The van der Waals surface area contributed by atoms with Crippen molar-refractivity contribution in [2.45, 2.75) is 20.0 Å². The van der Waals surface area contributed by atoms with E-state index in [0.29, 0.717) is 12.4 Å². The van der Waals surface area contributed by atoms with E-state index in [1.807, 2.05) is 19.1 Å². The first-order valence-electron chi connectivity index (χ1n) is 6.39. The average molecular weight is 288 g/mol. The summed E-state index contributed by atoms with van der Waals surface area (Å²) < 4.78 is 7.38. The lowest BCUT2D eigenvalue weighted by Crippen LogP contribution is -2.15. The zero-order valence-corrected chi connectivity index (χ0v) is 12.3. The number of ether oxygens (including phenoxy) is 1. The molecule has 0 aliphatic heterocycles. The third kappa shape index (κ3) is 2.39. The van der Waals surface area contributed by atoms with E-state index < -0.39 is 0 Å². The molecule has 0 saturated carbocycles. The summed E-state index contributed by atoms with van der Waals surface area (Å²) in [5.41, 5.74) is 3.32. The van der Waals surface area contributed by atoms with Gasteiger partial charge in [0, 0.05) is 36.4 Å². The molecule has 104 valence electrons. The van der Waals surface area contributed by atoms with Crippen LogP contribution < -0.4 is 10.1 Å². The van der Waals surface area contributed by atoms with Gasteiger partial charge in [0.2, 0.25) is 5.88 Å². The zero-order chi connectivity index (χ0) is 13.9. The van der Waals surface area contributed by atoms with Crippen molar-refractivity contribution in [3.05, 3.63) is 46.9 Å². The number of nitrogens with zero attached hydrogens (tertiary/aromatic N) is 3. The highest BCUT2D eigenvalue weighted by Crippen LogP contribution is 2.17. The summed E-state index contributed by atoms with van der Waals surface area (Å²) in [6, 6.07) is 3.93. The number of nitrogens with one attached hydrogen (secondary N) is 1. The maximum absolute atomic E-state index is 5.25. The van der Waals surface area contributed by atoms with Crippen molar-refractivity contribution in [3.63, 3.8) is 0 Å². The van der Waals surface area contributed by atoms with Gasteiger partial charge in [-0.1, -0.05) is 6.07 Å². The molecule has 0 radical (unpaired) electrons. The number of imidazole rings is 1. The summed E-state index contributed by atoms with van der Waals surface area (Å²) >= 11 is 1.65. The van der Waals surface area contributed by atoms with E-state index in [1.54, 1.807) is 24.6 Å². The smallest absolute Gasteiger partial charge is 0.217 e.